The standard InChI is InChI=1S/C19H37N3O/c1-17-6-7-18(2)22(17)15-14-20-10-12-21(13-11-20)16-19(23)8-4-3-5-9-19/h17-18,23H,3-16H2,1-2H3. The van der Waals surface area contributed by atoms with Crippen LogP contribution < -0.4 is 0 Å². The highest BCUT2D eigenvalue weighted by atomic mass is 16.3. The van der Waals surface area contributed by atoms with E-state index in [9.17, 15) is 5.11 Å². The molecule has 3 aliphatic rings. The maximum absolute atomic E-state index is 10.7. The molecule has 134 valence electrons. The first-order valence-electron chi connectivity index (χ1n) is 9.99. The SMILES string of the molecule is CC1CCC(C)N1CCN1CCN(CC2(O)CCCCC2)CC1. The van der Waals surface area contributed by atoms with Crippen molar-refractivity contribution in [3.63, 3.8) is 0 Å². The molecular formula is C19H37N3O. The summed E-state index contributed by atoms with van der Waals surface area (Å²) < 4.78 is 0. The largest absolute Gasteiger partial charge is 0.389 e. The number of hydrogen-bond acceptors (Lipinski definition) is 4. The van der Waals surface area contributed by atoms with Crippen molar-refractivity contribution in [2.24, 2.45) is 0 Å². The van der Waals surface area contributed by atoms with Gasteiger partial charge in [0, 0.05) is 57.9 Å². The topological polar surface area (TPSA) is 30.0 Å². The van der Waals surface area contributed by atoms with Crippen LogP contribution in [0, 0.1) is 0 Å². The van der Waals surface area contributed by atoms with E-state index in [0.29, 0.717) is 0 Å². The first-order chi connectivity index (χ1) is 11.1. The van der Waals surface area contributed by atoms with Crippen LogP contribution in [-0.4, -0.2) is 83.3 Å². The quantitative estimate of drug-likeness (QED) is 0.840. The highest BCUT2D eigenvalue weighted by Crippen LogP contribution is 2.29. The number of likely N-dealkylation sites (tertiary alicyclic amines) is 1. The lowest BCUT2D eigenvalue weighted by Crippen LogP contribution is -2.53. The number of nitrogens with zero attached hydrogens (tertiary/aromatic N) is 3. The van der Waals surface area contributed by atoms with Crippen LogP contribution in [0.2, 0.25) is 0 Å². The molecule has 0 aromatic heterocycles. The van der Waals surface area contributed by atoms with Crippen molar-refractivity contribution in [3.8, 4) is 0 Å². The molecule has 3 rings (SSSR count). The minimum absolute atomic E-state index is 0.388. The lowest BCUT2D eigenvalue weighted by molar-refractivity contribution is -0.0360. The van der Waals surface area contributed by atoms with Gasteiger partial charge in [-0.3, -0.25) is 14.7 Å². The van der Waals surface area contributed by atoms with Gasteiger partial charge in [0.2, 0.25) is 0 Å². The fourth-order valence-corrected chi connectivity index (χ4v) is 4.90. The summed E-state index contributed by atoms with van der Waals surface area (Å²) in [4.78, 5) is 7.82. The van der Waals surface area contributed by atoms with Gasteiger partial charge in [0.15, 0.2) is 0 Å². The van der Waals surface area contributed by atoms with Crippen LogP contribution >= 0.6 is 0 Å². The molecule has 2 atom stereocenters. The number of rotatable bonds is 5. The first kappa shape index (κ1) is 17.7. The van der Waals surface area contributed by atoms with E-state index in [4.69, 9.17) is 0 Å². The van der Waals surface area contributed by atoms with Crippen LogP contribution in [0.1, 0.15) is 58.8 Å². The first-order valence-corrected chi connectivity index (χ1v) is 9.99. The number of β-amino-alcohol motifs (C(OH)–C–C–N with tert-alkyl or cyclic N) is 1. The van der Waals surface area contributed by atoms with E-state index < -0.39 is 0 Å². The Labute approximate surface area is 142 Å². The Balaban J connectivity index is 1.37. The summed E-state index contributed by atoms with van der Waals surface area (Å²) in [5.74, 6) is 0. The smallest absolute Gasteiger partial charge is 0.0774 e. The Morgan fingerprint density at radius 1 is 0.826 bits per heavy atom. The molecule has 2 unspecified atom stereocenters. The predicted molar refractivity (Wildman–Crippen MR) is 95.8 cm³/mol. The van der Waals surface area contributed by atoms with Crippen molar-refractivity contribution in [1.82, 2.24) is 14.7 Å². The lowest BCUT2D eigenvalue weighted by atomic mass is 9.84. The molecule has 1 saturated carbocycles. The Morgan fingerprint density at radius 2 is 1.39 bits per heavy atom. The summed E-state index contributed by atoms with van der Waals surface area (Å²) in [5.41, 5.74) is -0.388. The molecule has 1 N–H and O–H groups in total. The molecule has 0 aromatic carbocycles. The summed E-state index contributed by atoms with van der Waals surface area (Å²) in [5, 5.41) is 10.7. The molecule has 4 heteroatoms. The van der Waals surface area contributed by atoms with Crippen molar-refractivity contribution in [1.29, 1.82) is 0 Å². The molecule has 2 saturated heterocycles. The van der Waals surface area contributed by atoms with Crippen LogP contribution in [0.3, 0.4) is 0 Å². The molecule has 2 aliphatic heterocycles. The monoisotopic (exact) mass is 323 g/mol. The maximum atomic E-state index is 10.7. The molecule has 2 heterocycles. The lowest BCUT2D eigenvalue weighted by Gasteiger charge is -2.41. The summed E-state index contributed by atoms with van der Waals surface area (Å²) in [6, 6.07) is 1.54. The maximum Gasteiger partial charge on any atom is 0.0774 e. The van der Waals surface area contributed by atoms with Gasteiger partial charge in [0.25, 0.3) is 0 Å². The fourth-order valence-electron chi connectivity index (χ4n) is 4.90. The van der Waals surface area contributed by atoms with Crippen LogP contribution in [0.25, 0.3) is 0 Å². The second kappa shape index (κ2) is 7.81. The van der Waals surface area contributed by atoms with Gasteiger partial charge in [-0.2, -0.15) is 0 Å². The van der Waals surface area contributed by atoms with Gasteiger partial charge < -0.3 is 5.11 Å². The van der Waals surface area contributed by atoms with Gasteiger partial charge in [-0.25, -0.2) is 0 Å². The van der Waals surface area contributed by atoms with Gasteiger partial charge in [-0.15, -0.1) is 0 Å². The van der Waals surface area contributed by atoms with Crippen molar-refractivity contribution in [2.75, 3.05) is 45.8 Å². The van der Waals surface area contributed by atoms with E-state index in [1.165, 1.54) is 58.3 Å². The highest BCUT2D eigenvalue weighted by Gasteiger charge is 2.32. The van der Waals surface area contributed by atoms with Crippen molar-refractivity contribution in [3.05, 3.63) is 0 Å². The molecule has 0 radical (unpaired) electrons. The Morgan fingerprint density at radius 3 is 2.00 bits per heavy atom. The predicted octanol–water partition coefficient (Wildman–Crippen LogP) is 2.17. The molecule has 3 fully saturated rings. The molecule has 0 spiro atoms. The minimum atomic E-state index is -0.388. The second-order valence-electron chi connectivity index (χ2n) is 8.42. The molecule has 0 amide bonds. The molecule has 1 aliphatic carbocycles. The normalized spacial score (nSPS) is 34.0. The third-order valence-electron chi connectivity index (χ3n) is 6.58. The molecular weight excluding hydrogens is 286 g/mol. The molecule has 4 nitrogen and oxygen atoms in total. The number of aliphatic hydroxyl groups is 1. The third-order valence-corrected chi connectivity index (χ3v) is 6.58. The summed E-state index contributed by atoms with van der Waals surface area (Å²) in [6.45, 7) is 12.7. The minimum Gasteiger partial charge on any atom is -0.389 e. The van der Waals surface area contributed by atoms with Crippen LogP contribution in [0.5, 0.6) is 0 Å². The van der Waals surface area contributed by atoms with E-state index in [0.717, 1.165) is 44.6 Å². The van der Waals surface area contributed by atoms with E-state index in [1.54, 1.807) is 0 Å². The number of hydrogen-bond donors (Lipinski definition) is 1. The van der Waals surface area contributed by atoms with Crippen LogP contribution in [0.15, 0.2) is 0 Å². The average Bonchev–Trinajstić information content (AvgIpc) is 2.86. The van der Waals surface area contributed by atoms with Crippen molar-refractivity contribution in [2.45, 2.75) is 76.5 Å². The van der Waals surface area contributed by atoms with Crippen LogP contribution in [-0.2, 0) is 0 Å². The highest BCUT2D eigenvalue weighted by molar-refractivity contribution is 4.88. The van der Waals surface area contributed by atoms with E-state index >= 15 is 0 Å². The molecule has 23 heavy (non-hydrogen) atoms. The average molecular weight is 324 g/mol. The zero-order chi connectivity index (χ0) is 16.3. The van der Waals surface area contributed by atoms with E-state index in [1.807, 2.05) is 0 Å². The Bertz CT molecular complexity index is 352. The molecule has 0 bridgehead atoms. The zero-order valence-electron chi connectivity index (χ0n) is 15.3. The molecule has 0 aromatic rings. The Hall–Kier alpha value is -0.160. The third kappa shape index (κ3) is 4.68. The zero-order valence-corrected chi connectivity index (χ0v) is 15.3. The number of piperazine rings is 1. The van der Waals surface area contributed by atoms with Gasteiger partial charge in [0.1, 0.15) is 0 Å². The van der Waals surface area contributed by atoms with E-state index in [-0.39, 0.29) is 5.60 Å². The van der Waals surface area contributed by atoms with E-state index in [2.05, 4.69) is 28.5 Å². The second-order valence-corrected chi connectivity index (χ2v) is 8.42. The summed E-state index contributed by atoms with van der Waals surface area (Å²) >= 11 is 0. The van der Waals surface area contributed by atoms with Crippen LogP contribution in [0.4, 0.5) is 0 Å². The van der Waals surface area contributed by atoms with Gasteiger partial charge in [0.05, 0.1) is 5.60 Å². The Kier molecular flexibility index (Phi) is 6.00. The fraction of sp³-hybridized carbons (Fsp3) is 1.00. The van der Waals surface area contributed by atoms with Crippen molar-refractivity contribution >= 4 is 0 Å². The van der Waals surface area contributed by atoms with Crippen molar-refractivity contribution < 1.29 is 5.11 Å². The van der Waals surface area contributed by atoms with Gasteiger partial charge in [-0.1, -0.05) is 19.3 Å². The summed E-state index contributed by atoms with van der Waals surface area (Å²) in [7, 11) is 0. The van der Waals surface area contributed by atoms with Gasteiger partial charge in [-0.05, 0) is 39.5 Å². The van der Waals surface area contributed by atoms with Gasteiger partial charge >= 0.3 is 0 Å². The summed E-state index contributed by atoms with van der Waals surface area (Å²) in [6.07, 6.45) is 8.49.